The number of imide groups is 1. The standard InChI is InChI=1S/C18H15ClN2O2/c19-11-3-1-2-10(8-11)9-20-21-16(22)14-12-4-5-13(15(14)17(21)23)18(12)6-7-18/h1-5,8-9,12-15H,6-7H2/b20-9-/t12-,13-,14-,15+/m1/s1. The highest BCUT2D eigenvalue weighted by Gasteiger charge is 2.73. The van der Waals surface area contributed by atoms with Gasteiger partial charge in [-0.15, -0.1) is 0 Å². The lowest BCUT2D eigenvalue weighted by molar-refractivity contribution is -0.141. The number of hydrogen-bond acceptors (Lipinski definition) is 3. The van der Waals surface area contributed by atoms with Crippen molar-refractivity contribution in [2.45, 2.75) is 12.8 Å². The Balaban J connectivity index is 1.44. The van der Waals surface area contributed by atoms with E-state index in [0.717, 1.165) is 23.4 Å². The van der Waals surface area contributed by atoms with Crippen LogP contribution in [0.1, 0.15) is 18.4 Å². The molecule has 0 radical (unpaired) electrons. The Morgan fingerprint density at radius 1 is 1.13 bits per heavy atom. The average molecular weight is 327 g/mol. The van der Waals surface area contributed by atoms with Gasteiger partial charge in [0.1, 0.15) is 0 Å². The Hall–Kier alpha value is -1.94. The van der Waals surface area contributed by atoms with Crippen molar-refractivity contribution in [2.75, 3.05) is 0 Å². The summed E-state index contributed by atoms with van der Waals surface area (Å²) >= 11 is 5.94. The molecule has 116 valence electrons. The molecule has 2 bridgehead atoms. The first-order chi connectivity index (χ1) is 11.1. The van der Waals surface area contributed by atoms with Gasteiger partial charge >= 0.3 is 0 Å². The van der Waals surface area contributed by atoms with Crippen LogP contribution in [-0.4, -0.2) is 23.0 Å². The minimum Gasteiger partial charge on any atom is -0.272 e. The van der Waals surface area contributed by atoms with Crippen LogP contribution in [0.4, 0.5) is 0 Å². The molecular weight excluding hydrogens is 312 g/mol. The van der Waals surface area contributed by atoms with Gasteiger partial charge in [-0.05, 0) is 47.8 Å². The minimum absolute atomic E-state index is 0.138. The second-order valence-electron chi connectivity index (χ2n) is 7.01. The molecule has 5 rings (SSSR count). The third kappa shape index (κ3) is 1.65. The first kappa shape index (κ1) is 13.5. The maximum Gasteiger partial charge on any atom is 0.254 e. The first-order valence-electron chi connectivity index (χ1n) is 7.97. The number of rotatable bonds is 2. The molecule has 0 N–H and O–H groups in total. The molecule has 1 aliphatic heterocycles. The van der Waals surface area contributed by atoms with Crippen molar-refractivity contribution in [3.8, 4) is 0 Å². The van der Waals surface area contributed by atoms with E-state index in [9.17, 15) is 9.59 Å². The fourth-order valence-corrected chi connectivity index (χ4v) is 5.09. The van der Waals surface area contributed by atoms with Gasteiger partial charge in [0.05, 0.1) is 18.1 Å². The maximum atomic E-state index is 12.7. The molecule has 0 aromatic heterocycles. The molecule has 1 heterocycles. The number of halogens is 1. The zero-order chi connectivity index (χ0) is 15.8. The van der Waals surface area contributed by atoms with E-state index in [1.807, 2.05) is 12.1 Å². The van der Waals surface area contributed by atoms with E-state index in [4.69, 9.17) is 11.6 Å². The number of fused-ring (bicyclic) bond motifs is 3. The number of amides is 2. The van der Waals surface area contributed by atoms with E-state index in [1.54, 1.807) is 12.1 Å². The van der Waals surface area contributed by atoms with E-state index in [-0.39, 0.29) is 40.9 Å². The lowest BCUT2D eigenvalue weighted by Gasteiger charge is -2.18. The third-order valence-electron chi connectivity index (χ3n) is 6.00. The summed E-state index contributed by atoms with van der Waals surface area (Å²) in [5, 5.41) is 5.85. The average Bonchev–Trinajstić information content (AvgIpc) is 3.13. The van der Waals surface area contributed by atoms with Crippen molar-refractivity contribution in [1.82, 2.24) is 5.01 Å². The van der Waals surface area contributed by atoms with Crippen LogP contribution in [0, 0.1) is 29.1 Å². The quantitative estimate of drug-likeness (QED) is 0.476. The van der Waals surface area contributed by atoms with Gasteiger partial charge in [-0.2, -0.15) is 10.1 Å². The van der Waals surface area contributed by atoms with Crippen LogP contribution in [-0.2, 0) is 9.59 Å². The van der Waals surface area contributed by atoms with Crippen molar-refractivity contribution in [3.63, 3.8) is 0 Å². The second-order valence-corrected chi connectivity index (χ2v) is 7.45. The van der Waals surface area contributed by atoms with Gasteiger partial charge in [0.2, 0.25) is 0 Å². The molecule has 2 saturated carbocycles. The molecule has 23 heavy (non-hydrogen) atoms. The summed E-state index contributed by atoms with van der Waals surface area (Å²) < 4.78 is 0. The van der Waals surface area contributed by atoms with Crippen LogP contribution in [0.5, 0.6) is 0 Å². The Morgan fingerprint density at radius 3 is 2.35 bits per heavy atom. The smallest absolute Gasteiger partial charge is 0.254 e. The molecule has 4 nitrogen and oxygen atoms in total. The van der Waals surface area contributed by atoms with E-state index in [2.05, 4.69) is 17.3 Å². The van der Waals surface area contributed by atoms with Crippen LogP contribution in [0.3, 0.4) is 0 Å². The molecule has 0 unspecified atom stereocenters. The number of carbonyl (C=O) groups is 2. The van der Waals surface area contributed by atoms with Crippen molar-refractivity contribution in [3.05, 3.63) is 47.0 Å². The van der Waals surface area contributed by atoms with Crippen molar-refractivity contribution >= 4 is 29.6 Å². The number of hydrogen-bond donors (Lipinski definition) is 0. The molecule has 2 amide bonds. The SMILES string of the molecule is O=C1[C@@H]2[C@H](C(=O)N1/N=C\c1cccc(Cl)c1)[C@H]1C=C[C@H]2C12CC2. The molecule has 4 aliphatic rings. The Labute approximate surface area is 138 Å². The monoisotopic (exact) mass is 326 g/mol. The fourth-order valence-electron chi connectivity index (χ4n) is 4.89. The van der Waals surface area contributed by atoms with Crippen molar-refractivity contribution < 1.29 is 9.59 Å². The van der Waals surface area contributed by atoms with Gasteiger partial charge in [0.15, 0.2) is 0 Å². The zero-order valence-electron chi connectivity index (χ0n) is 12.4. The van der Waals surface area contributed by atoms with Crippen LogP contribution in [0.15, 0.2) is 41.5 Å². The van der Waals surface area contributed by atoms with Gasteiger partial charge in [0, 0.05) is 5.02 Å². The lowest BCUT2D eigenvalue weighted by Crippen LogP contribution is -2.30. The van der Waals surface area contributed by atoms with Crippen molar-refractivity contribution in [1.29, 1.82) is 0 Å². The van der Waals surface area contributed by atoms with E-state index < -0.39 is 0 Å². The summed E-state index contributed by atoms with van der Waals surface area (Å²) in [7, 11) is 0. The summed E-state index contributed by atoms with van der Waals surface area (Å²) in [6.07, 6.45) is 8.15. The lowest BCUT2D eigenvalue weighted by atomic mass is 9.85. The topological polar surface area (TPSA) is 49.7 Å². The van der Waals surface area contributed by atoms with Crippen LogP contribution >= 0.6 is 11.6 Å². The molecular formula is C18H15ClN2O2. The predicted octanol–water partition coefficient (Wildman–Crippen LogP) is 2.87. The summed E-state index contributed by atoms with van der Waals surface area (Å²) in [6, 6.07) is 7.17. The molecule has 5 heteroatoms. The predicted molar refractivity (Wildman–Crippen MR) is 85.7 cm³/mol. The van der Waals surface area contributed by atoms with Gasteiger partial charge in [-0.3, -0.25) is 9.59 Å². The van der Waals surface area contributed by atoms with Gasteiger partial charge < -0.3 is 0 Å². The number of allylic oxidation sites excluding steroid dienone is 2. The van der Waals surface area contributed by atoms with Crippen molar-refractivity contribution in [2.24, 2.45) is 34.2 Å². The molecule has 1 aromatic rings. The number of nitrogens with zero attached hydrogens (tertiary/aromatic N) is 2. The summed E-state index contributed by atoms with van der Waals surface area (Å²) in [5.41, 5.74) is 0.999. The molecule has 1 aromatic carbocycles. The summed E-state index contributed by atoms with van der Waals surface area (Å²) in [5.74, 6) is -0.198. The minimum atomic E-state index is -0.198. The van der Waals surface area contributed by atoms with Crippen LogP contribution < -0.4 is 0 Å². The Bertz CT molecular complexity index is 762. The Morgan fingerprint density at radius 2 is 1.78 bits per heavy atom. The van der Waals surface area contributed by atoms with Crippen LogP contribution in [0.2, 0.25) is 5.02 Å². The summed E-state index contributed by atoms with van der Waals surface area (Å²) in [6.45, 7) is 0. The normalized spacial score (nSPS) is 35.8. The largest absolute Gasteiger partial charge is 0.272 e. The number of carbonyl (C=O) groups excluding carboxylic acids is 2. The molecule has 1 spiro atoms. The first-order valence-corrected chi connectivity index (χ1v) is 8.35. The molecule has 3 fully saturated rings. The van der Waals surface area contributed by atoms with E-state index in [1.165, 1.54) is 6.21 Å². The highest BCUT2D eigenvalue weighted by molar-refractivity contribution is 6.30. The Kier molecular flexibility index (Phi) is 2.54. The summed E-state index contributed by atoms with van der Waals surface area (Å²) in [4.78, 5) is 25.4. The molecule has 4 atom stereocenters. The highest BCUT2D eigenvalue weighted by atomic mass is 35.5. The van der Waals surface area contributed by atoms with Crippen LogP contribution in [0.25, 0.3) is 0 Å². The van der Waals surface area contributed by atoms with Gasteiger partial charge in [-0.1, -0.05) is 35.9 Å². The maximum absolute atomic E-state index is 12.7. The molecule has 1 saturated heterocycles. The van der Waals surface area contributed by atoms with Gasteiger partial charge in [0.25, 0.3) is 11.8 Å². The second kappa shape index (κ2) is 4.32. The number of hydrazone groups is 1. The third-order valence-corrected chi connectivity index (χ3v) is 6.24. The zero-order valence-corrected chi connectivity index (χ0v) is 13.1. The van der Waals surface area contributed by atoms with E-state index in [0.29, 0.717) is 5.02 Å². The fraction of sp³-hybridized carbons (Fsp3) is 0.389. The van der Waals surface area contributed by atoms with E-state index >= 15 is 0 Å². The number of benzene rings is 1. The molecule has 3 aliphatic carbocycles. The van der Waals surface area contributed by atoms with Gasteiger partial charge in [-0.25, -0.2) is 0 Å². The highest BCUT2D eigenvalue weighted by Crippen LogP contribution is 2.73.